The first kappa shape index (κ1) is 18.3. The van der Waals surface area contributed by atoms with E-state index in [-0.39, 0.29) is 11.3 Å². The van der Waals surface area contributed by atoms with E-state index in [1.54, 1.807) is 49.6 Å². The van der Waals surface area contributed by atoms with Gasteiger partial charge in [0.2, 0.25) is 0 Å². The second-order valence-corrected chi connectivity index (χ2v) is 5.81. The molecule has 1 aliphatic heterocycles. The molecule has 2 aromatic rings. The minimum Gasteiger partial charge on any atom is -0.496 e. The molecule has 27 heavy (non-hydrogen) atoms. The fraction of sp³-hybridized carbons (Fsp3) is 0.200. The monoisotopic (exact) mass is 368 g/mol. The van der Waals surface area contributed by atoms with Gasteiger partial charge in [0, 0.05) is 24.4 Å². The fourth-order valence-electron chi connectivity index (χ4n) is 2.92. The third-order valence-corrected chi connectivity index (χ3v) is 4.32. The average molecular weight is 368 g/mol. The van der Waals surface area contributed by atoms with Gasteiger partial charge in [0.15, 0.2) is 11.5 Å². The summed E-state index contributed by atoms with van der Waals surface area (Å²) in [6, 6.07) is 12.2. The van der Waals surface area contributed by atoms with Crippen molar-refractivity contribution in [3.63, 3.8) is 0 Å². The maximum absolute atomic E-state index is 12.7. The Hall–Kier alpha value is -3.48. The maximum Gasteiger partial charge on any atom is 0.277 e. The van der Waals surface area contributed by atoms with Crippen LogP contribution in [0, 0.1) is 0 Å². The van der Waals surface area contributed by atoms with Gasteiger partial charge < -0.3 is 19.5 Å². The summed E-state index contributed by atoms with van der Waals surface area (Å²) in [4.78, 5) is 26.5. The lowest BCUT2D eigenvalue weighted by Crippen LogP contribution is -2.27. The summed E-state index contributed by atoms with van der Waals surface area (Å²) in [6.07, 6.45) is 0. The smallest absolute Gasteiger partial charge is 0.277 e. The van der Waals surface area contributed by atoms with E-state index < -0.39 is 11.8 Å². The van der Waals surface area contributed by atoms with Crippen LogP contribution in [-0.2, 0) is 9.59 Å². The van der Waals surface area contributed by atoms with Gasteiger partial charge in [0.25, 0.3) is 11.8 Å². The number of likely N-dealkylation sites (N-methyl/N-ethyl adjacent to an activating group) is 1. The minimum absolute atomic E-state index is 0.180. The third-order valence-electron chi connectivity index (χ3n) is 4.32. The van der Waals surface area contributed by atoms with Crippen molar-refractivity contribution in [3.05, 3.63) is 53.7 Å². The van der Waals surface area contributed by atoms with Crippen molar-refractivity contribution >= 4 is 23.1 Å². The first-order valence-electron chi connectivity index (χ1n) is 8.21. The van der Waals surface area contributed by atoms with Crippen LogP contribution >= 0.6 is 0 Å². The topological polar surface area (TPSA) is 77.1 Å². The first-order valence-corrected chi connectivity index (χ1v) is 8.21. The van der Waals surface area contributed by atoms with Gasteiger partial charge in [-0.2, -0.15) is 0 Å². The van der Waals surface area contributed by atoms with Crippen molar-refractivity contribution in [2.24, 2.45) is 0 Å². The molecular formula is C20H20N2O5. The Morgan fingerprint density at radius 2 is 1.48 bits per heavy atom. The zero-order chi connectivity index (χ0) is 19.6. The van der Waals surface area contributed by atoms with Crippen LogP contribution in [0.25, 0.3) is 5.57 Å². The number of nitrogens with zero attached hydrogens (tertiary/aromatic N) is 1. The molecule has 3 rings (SSSR count). The lowest BCUT2D eigenvalue weighted by Gasteiger charge is -2.13. The van der Waals surface area contributed by atoms with E-state index in [2.05, 4.69) is 5.32 Å². The Morgan fingerprint density at radius 3 is 2.15 bits per heavy atom. The number of nitrogens with one attached hydrogen (secondary N) is 1. The van der Waals surface area contributed by atoms with Gasteiger partial charge in [-0.25, -0.2) is 0 Å². The van der Waals surface area contributed by atoms with Gasteiger partial charge in [0.1, 0.15) is 11.4 Å². The molecular weight excluding hydrogens is 348 g/mol. The number of methoxy groups -OCH3 is 3. The maximum atomic E-state index is 12.7. The normalized spacial score (nSPS) is 13.9. The molecule has 1 N–H and O–H groups in total. The van der Waals surface area contributed by atoms with E-state index in [4.69, 9.17) is 14.2 Å². The van der Waals surface area contributed by atoms with Crippen LogP contribution in [-0.4, -0.2) is 45.1 Å². The number of imide groups is 1. The highest BCUT2D eigenvalue weighted by atomic mass is 16.5. The van der Waals surface area contributed by atoms with Gasteiger partial charge in [-0.1, -0.05) is 18.2 Å². The van der Waals surface area contributed by atoms with Crippen LogP contribution in [0.5, 0.6) is 17.2 Å². The number of hydrogen-bond acceptors (Lipinski definition) is 6. The van der Waals surface area contributed by atoms with Gasteiger partial charge in [0.05, 0.1) is 26.9 Å². The van der Waals surface area contributed by atoms with E-state index in [1.807, 2.05) is 0 Å². The number of benzene rings is 2. The summed E-state index contributed by atoms with van der Waals surface area (Å²) in [5, 5.41) is 3.05. The molecule has 0 atom stereocenters. The van der Waals surface area contributed by atoms with E-state index in [0.29, 0.717) is 28.5 Å². The summed E-state index contributed by atoms with van der Waals surface area (Å²) in [7, 11) is 6.04. The highest BCUT2D eigenvalue weighted by Gasteiger charge is 2.38. The van der Waals surface area contributed by atoms with E-state index in [1.165, 1.54) is 21.3 Å². The molecule has 0 saturated carbocycles. The molecule has 0 aromatic heterocycles. The predicted molar refractivity (Wildman–Crippen MR) is 101 cm³/mol. The molecule has 0 unspecified atom stereocenters. The summed E-state index contributed by atoms with van der Waals surface area (Å²) in [5.74, 6) is 0.763. The van der Waals surface area contributed by atoms with E-state index >= 15 is 0 Å². The molecule has 1 aliphatic rings. The van der Waals surface area contributed by atoms with Crippen LogP contribution < -0.4 is 19.5 Å². The second kappa shape index (κ2) is 7.41. The Labute approximate surface area is 157 Å². The van der Waals surface area contributed by atoms with Gasteiger partial charge in [-0.3, -0.25) is 14.5 Å². The molecule has 1 heterocycles. The van der Waals surface area contributed by atoms with Gasteiger partial charge in [-0.15, -0.1) is 0 Å². The number of ether oxygens (including phenoxy) is 3. The number of anilines is 1. The molecule has 0 fully saturated rings. The van der Waals surface area contributed by atoms with E-state index in [0.717, 1.165) is 4.90 Å². The number of carbonyl (C=O) groups is 2. The Bertz CT molecular complexity index is 936. The summed E-state index contributed by atoms with van der Waals surface area (Å²) >= 11 is 0. The molecule has 0 spiro atoms. The number of amides is 2. The van der Waals surface area contributed by atoms with Crippen LogP contribution in [0.1, 0.15) is 5.56 Å². The summed E-state index contributed by atoms with van der Waals surface area (Å²) in [6.45, 7) is 0. The fourth-order valence-corrected chi connectivity index (χ4v) is 2.92. The van der Waals surface area contributed by atoms with Crippen LogP contribution in [0.4, 0.5) is 5.69 Å². The molecule has 7 heteroatoms. The molecule has 140 valence electrons. The van der Waals surface area contributed by atoms with Crippen molar-refractivity contribution in [1.29, 1.82) is 0 Å². The largest absolute Gasteiger partial charge is 0.496 e. The highest BCUT2D eigenvalue weighted by Crippen LogP contribution is 2.36. The summed E-state index contributed by atoms with van der Waals surface area (Å²) in [5.41, 5.74) is 1.58. The number of carbonyl (C=O) groups excluding carboxylic acids is 2. The van der Waals surface area contributed by atoms with Crippen LogP contribution in [0.2, 0.25) is 0 Å². The molecule has 2 amide bonds. The first-order chi connectivity index (χ1) is 13.0. The molecule has 0 radical (unpaired) electrons. The average Bonchev–Trinajstić information content (AvgIpc) is 2.91. The highest BCUT2D eigenvalue weighted by molar-refractivity contribution is 6.36. The Morgan fingerprint density at radius 1 is 0.815 bits per heavy atom. The quantitative estimate of drug-likeness (QED) is 0.790. The van der Waals surface area contributed by atoms with Crippen LogP contribution in [0.3, 0.4) is 0 Å². The van der Waals surface area contributed by atoms with E-state index in [9.17, 15) is 9.59 Å². The second-order valence-electron chi connectivity index (χ2n) is 5.81. The molecule has 0 bridgehead atoms. The lowest BCUT2D eigenvalue weighted by molar-refractivity contribution is -0.135. The minimum atomic E-state index is -0.421. The zero-order valence-corrected chi connectivity index (χ0v) is 15.5. The number of para-hydroxylation sites is 1. The molecule has 0 saturated heterocycles. The Kier molecular flexibility index (Phi) is 5.03. The zero-order valence-electron chi connectivity index (χ0n) is 15.5. The predicted octanol–water partition coefficient (Wildman–Crippen LogP) is 2.53. The van der Waals surface area contributed by atoms with Crippen molar-refractivity contribution in [1.82, 2.24) is 4.90 Å². The number of hydrogen-bond donors (Lipinski definition) is 1. The van der Waals surface area contributed by atoms with Crippen molar-refractivity contribution in [3.8, 4) is 17.2 Å². The molecule has 7 nitrogen and oxygen atoms in total. The van der Waals surface area contributed by atoms with Gasteiger partial charge >= 0.3 is 0 Å². The van der Waals surface area contributed by atoms with Crippen LogP contribution in [0.15, 0.2) is 48.2 Å². The summed E-state index contributed by atoms with van der Waals surface area (Å²) < 4.78 is 15.9. The van der Waals surface area contributed by atoms with Crippen molar-refractivity contribution in [2.45, 2.75) is 0 Å². The number of rotatable bonds is 6. The van der Waals surface area contributed by atoms with Crippen molar-refractivity contribution < 1.29 is 23.8 Å². The molecule has 2 aromatic carbocycles. The molecule has 0 aliphatic carbocycles. The lowest BCUT2D eigenvalue weighted by atomic mass is 10.0. The SMILES string of the molecule is COc1ccc(NC2=C(c3ccccc3OC)C(=O)N(C)C2=O)cc1OC. The Balaban J connectivity index is 2.10. The third kappa shape index (κ3) is 3.19. The van der Waals surface area contributed by atoms with Gasteiger partial charge in [-0.05, 0) is 18.2 Å². The van der Waals surface area contributed by atoms with Crippen molar-refractivity contribution in [2.75, 3.05) is 33.7 Å². The standard InChI is InChI=1S/C20H20N2O5/c1-22-19(23)17(13-7-5-6-8-14(13)25-2)18(20(22)24)21-12-9-10-15(26-3)16(11-12)27-4/h5-11,21H,1-4H3.